The molecule has 0 saturated carbocycles. The Kier molecular flexibility index (Phi) is 3.53. The van der Waals surface area contributed by atoms with Gasteiger partial charge in [0.1, 0.15) is 4.88 Å². The fourth-order valence-electron chi connectivity index (χ4n) is 1.07. The Morgan fingerprint density at radius 1 is 1.50 bits per heavy atom. The highest BCUT2D eigenvalue weighted by Crippen LogP contribution is 2.26. The molecule has 0 spiro atoms. The Labute approximate surface area is 100 Å². The smallest absolute Gasteiger partial charge is 0.345 e. The first-order chi connectivity index (χ1) is 7.75. The van der Waals surface area contributed by atoms with Crippen molar-refractivity contribution in [2.45, 2.75) is 10.6 Å². The molecule has 16 heavy (non-hydrogen) atoms. The molecule has 0 amide bonds. The summed E-state index contributed by atoms with van der Waals surface area (Å²) in [6, 6.07) is 1.67. The summed E-state index contributed by atoms with van der Waals surface area (Å²) in [5, 5.41) is 10.6. The van der Waals surface area contributed by atoms with Gasteiger partial charge in [-0.05, 0) is 6.07 Å². The minimum absolute atomic E-state index is 0.363. The standard InChI is InChI=1S/C10H8N2O2S2/c13-10(14)9-3-8(6-16-9)15-5-7-4-11-1-2-12-7/h1-4,6H,5H2,(H,13,14). The summed E-state index contributed by atoms with van der Waals surface area (Å²) < 4.78 is 0. The number of hydrogen-bond acceptors (Lipinski definition) is 5. The SMILES string of the molecule is O=C(O)c1cc(SCc2cnccn2)cs1. The highest BCUT2D eigenvalue weighted by molar-refractivity contribution is 7.98. The maximum absolute atomic E-state index is 10.7. The predicted molar refractivity (Wildman–Crippen MR) is 62.9 cm³/mol. The molecule has 0 bridgehead atoms. The Morgan fingerprint density at radius 3 is 3.00 bits per heavy atom. The zero-order valence-corrected chi connectivity index (χ0v) is 9.79. The van der Waals surface area contributed by atoms with Crippen LogP contribution in [0, 0.1) is 0 Å². The fourth-order valence-corrected chi connectivity index (χ4v) is 2.83. The molecule has 2 heterocycles. The summed E-state index contributed by atoms with van der Waals surface area (Å²) in [5.41, 5.74) is 0.885. The van der Waals surface area contributed by atoms with E-state index in [-0.39, 0.29) is 0 Å². The van der Waals surface area contributed by atoms with Crippen molar-refractivity contribution in [1.29, 1.82) is 0 Å². The van der Waals surface area contributed by atoms with Crippen molar-refractivity contribution in [2.24, 2.45) is 0 Å². The van der Waals surface area contributed by atoms with Crippen LogP contribution in [0.1, 0.15) is 15.4 Å². The van der Waals surface area contributed by atoms with Gasteiger partial charge in [-0.1, -0.05) is 0 Å². The number of nitrogens with zero attached hydrogens (tertiary/aromatic N) is 2. The molecule has 6 heteroatoms. The van der Waals surface area contributed by atoms with E-state index in [9.17, 15) is 4.79 Å². The highest BCUT2D eigenvalue weighted by atomic mass is 32.2. The number of aromatic nitrogens is 2. The first-order valence-electron chi connectivity index (χ1n) is 4.45. The third kappa shape index (κ3) is 2.80. The molecule has 0 fully saturated rings. The fraction of sp³-hybridized carbons (Fsp3) is 0.100. The van der Waals surface area contributed by atoms with Crippen molar-refractivity contribution < 1.29 is 9.90 Å². The number of hydrogen-bond donors (Lipinski definition) is 1. The van der Waals surface area contributed by atoms with E-state index < -0.39 is 5.97 Å². The molecule has 2 aromatic heterocycles. The molecule has 0 aromatic carbocycles. The third-order valence-electron chi connectivity index (χ3n) is 1.79. The van der Waals surface area contributed by atoms with Crippen LogP contribution in [0.4, 0.5) is 0 Å². The van der Waals surface area contributed by atoms with Gasteiger partial charge in [0, 0.05) is 34.6 Å². The molecule has 82 valence electrons. The van der Waals surface area contributed by atoms with Crippen molar-refractivity contribution in [1.82, 2.24) is 9.97 Å². The molecule has 0 unspecified atom stereocenters. The zero-order valence-electron chi connectivity index (χ0n) is 8.16. The maximum atomic E-state index is 10.7. The second-order valence-corrected chi connectivity index (χ2v) is 4.90. The summed E-state index contributed by atoms with van der Waals surface area (Å²) in [6.45, 7) is 0. The number of aromatic carboxylic acids is 1. The van der Waals surface area contributed by atoms with Crippen molar-refractivity contribution in [3.05, 3.63) is 40.6 Å². The van der Waals surface area contributed by atoms with Gasteiger partial charge in [-0.15, -0.1) is 23.1 Å². The largest absolute Gasteiger partial charge is 0.477 e. The predicted octanol–water partition coefficient (Wildman–Crippen LogP) is 2.53. The van der Waals surface area contributed by atoms with Gasteiger partial charge in [-0.25, -0.2) is 4.79 Å². The minimum atomic E-state index is -0.878. The molecule has 0 aliphatic heterocycles. The quantitative estimate of drug-likeness (QED) is 0.847. The van der Waals surface area contributed by atoms with E-state index in [1.165, 1.54) is 11.3 Å². The summed E-state index contributed by atoms with van der Waals surface area (Å²) >= 11 is 2.79. The van der Waals surface area contributed by atoms with Gasteiger partial charge in [0.25, 0.3) is 0 Å². The molecule has 0 atom stereocenters. The average Bonchev–Trinajstić information content (AvgIpc) is 2.76. The van der Waals surface area contributed by atoms with Crippen LogP contribution in [-0.4, -0.2) is 21.0 Å². The second kappa shape index (κ2) is 5.09. The molecule has 1 N–H and O–H groups in total. The van der Waals surface area contributed by atoms with Gasteiger partial charge >= 0.3 is 5.97 Å². The van der Waals surface area contributed by atoms with Crippen LogP contribution in [0.25, 0.3) is 0 Å². The first kappa shape index (κ1) is 11.1. The van der Waals surface area contributed by atoms with E-state index in [0.29, 0.717) is 10.6 Å². The van der Waals surface area contributed by atoms with Crippen LogP contribution in [0.5, 0.6) is 0 Å². The Balaban J connectivity index is 1.97. The van der Waals surface area contributed by atoms with E-state index in [1.54, 1.807) is 36.4 Å². The van der Waals surface area contributed by atoms with E-state index in [4.69, 9.17) is 5.11 Å². The summed E-state index contributed by atoms with van der Waals surface area (Å²) in [5.74, 6) is -0.180. The molecule has 0 saturated heterocycles. The second-order valence-electron chi connectivity index (χ2n) is 2.94. The Morgan fingerprint density at radius 2 is 2.38 bits per heavy atom. The Hall–Kier alpha value is -1.40. The molecule has 4 nitrogen and oxygen atoms in total. The lowest BCUT2D eigenvalue weighted by Gasteiger charge is -1.96. The molecular weight excluding hydrogens is 244 g/mol. The molecule has 0 radical (unpaired) electrons. The first-order valence-corrected chi connectivity index (χ1v) is 6.32. The van der Waals surface area contributed by atoms with E-state index in [2.05, 4.69) is 9.97 Å². The van der Waals surface area contributed by atoms with Crippen LogP contribution in [0.15, 0.2) is 34.9 Å². The number of rotatable bonds is 4. The number of carboxylic acid groups (broad SMARTS) is 1. The van der Waals surface area contributed by atoms with E-state index in [1.807, 2.05) is 5.38 Å². The summed E-state index contributed by atoms with van der Waals surface area (Å²) in [7, 11) is 0. The van der Waals surface area contributed by atoms with Gasteiger partial charge in [0.05, 0.1) is 5.69 Å². The van der Waals surface area contributed by atoms with Crippen molar-refractivity contribution in [2.75, 3.05) is 0 Å². The van der Waals surface area contributed by atoms with Gasteiger partial charge < -0.3 is 5.11 Å². The monoisotopic (exact) mass is 252 g/mol. The van der Waals surface area contributed by atoms with Crippen LogP contribution in [0.3, 0.4) is 0 Å². The van der Waals surface area contributed by atoms with E-state index in [0.717, 1.165) is 10.6 Å². The molecular formula is C10H8N2O2S2. The molecule has 2 rings (SSSR count). The lowest BCUT2D eigenvalue weighted by Crippen LogP contribution is -1.90. The highest BCUT2D eigenvalue weighted by Gasteiger charge is 2.07. The van der Waals surface area contributed by atoms with Crippen LogP contribution >= 0.6 is 23.1 Å². The van der Waals surface area contributed by atoms with Crippen molar-refractivity contribution in [3.8, 4) is 0 Å². The van der Waals surface area contributed by atoms with Crippen LogP contribution in [0.2, 0.25) is 0 Å². The summed E-state index contributed by atoms with van der Waals surface area (Å²) in [6.07, 6.45) is 4.98. The van der Waals surface area contributed by atoms with Crippen molar-refractivity contribution in [3.63, 3.8) is 0 Å². The summed E-state index contributed by atoms with van der Waals surface area (Å²) in [4.78, 5) is 20.1. The zero-order chi connectivity index (χ0) is 11.4. The van der Waals surface area contributed by atoms with Crippen molar-refractivity contribution >= 4 is 29.1 Å². The lowest BCUT2D eigenvalue weighted by atomic mass is 10.5. The topological polar surface area (TPSA) is 63.1 Å². The number of thioether (sulfide) groups is 1. The van der Waals surface area contributed by atoms with Crippen LogP contribution in [-0.2, 0) is 5.75 Å². The van der Waals surface area contributed by atoms with Gasteiger partial charge in [-0.3, -0.25) is 9.97 Å². The minimum Gasteiger partial charge on any atom is -0.477 e. The number of thiophene rings is 1. The van der Waals surface area contributed by atoms with Gasteiger partial charge in [-0.2, -0.15) is 0 Å². The van der Waals surface area contributed by atoms with Gasteiger partial charge in [0.15, 0.2) is 0 Å². The molecule has 2 aromatic rings. The Bertz CT molecular complexity index is 485. The number of carbonyl (C=O) groups is 1. The van der Waals surface area contributed by atoms with Crippen LogP contribution < -0.4 is 0 Å². The normalized spacial score (nSPS) is 10.2. The third-order valence-corrected chi connectivity index (χ3v) is 3.87. The van der Waals surface area contributed by atoms with Gasteiger partial charge in [0.2, 0.25) is 0 Å². The lowest BCUT2D eigenvalue weighted by molar-refractivity contribution is 0.0702. The average molecular weight is 252 g/mol. The molecule has 0 aliphatic carbocycles. The maximum Gasteiger partial charge on any atom is 0.345 e. The van der Waals surface area contributed by atoms with E-state index >= 15 is 0 Å². The molecule has 0 aliphatic rings. The number of carboxylic acids is 1.